The minimum Gasteiger partial charge on any atom is -0.487 e. The average Bonchev–Trinajstić information content (AvgIpc) is 2.48. The van der Waals surface area contributed by atoms with E-state index in [-0.39, 0.29) is 5.78 Å². The van der Waals surface area contributed by atoms with Crippen LogP contribution in [0.4, 0.5) is 5.69 Å². The zero-order valence-corrected chi connectivity index (χ0v) is 12.7. The lowest BCUT2D eigenvalue weighted by Gasteiger charge is -2.10. The standard InChI is InChI=1S/C17H18ClNO2/c1-2-3-16(20)13-6-9-17(15(19)10-13)21-11-12-4-7-14(18)8-5-12/h4-10H,2-3,11,19H2,1H3. The van der Waals surface area contributed by atoms with Crippen molar-refractivity contribution in [1.82, 2.24) is 0 Å². The maximum Gasteiger partial charge on any atom is 0.162 e. The minimum atomic E-state index is 0.105. The molecule has 2 aromatic carbocycles. The van der Waals surface area contributed by atoms with E-state index in [1.54, 1.807) is 18.2 Å². The molecule has 0 aliphatic heterocycles. The van der Waals surface area contributed by atoms with Gasteiger partial charge in [0.25, 0.3) is 0 Å². The quantitative estimate of drug-likeness (QED) is 0.632. The van der Waals surface area contributed by atoms with Crippen LogP contribution in [-0.2, 0) is 6.61 Å². The molecule has 0 spiro atoms. The minimum absolute atomic E-state index is 0.105. The Morgan fingerprint density at radius 2 is 1.90 bits per heavy atom. The molecular weight excluding hydrogens is 286 g/mol. The van der Waals surface area contributed by atoms with E-state index in [0.717, 1.165) is 12.0 Å². The molecule has 0 heterocycles. The molecule has 0 bridgehead atoms. The number of rotatable bonds is 6. The predicted octanol–water partition coefficient (Wildman–Crippen LogP) is 4.48. The van der Waals surface area contributed by atoms with E-state index in [2.05, 4.69) is 0 Å². The maximum atomic E-state index is 11.8. The Hall–Kier alpha value is -2.00. The molecule has 3 nitrogen and oxygen atoms in total. The second-order valence-electron chi connectivity index (χ2n) is 4.84. The number of hydrogen-bond acceptors (Lipinski definition) is 3. The van der Waals surface area contributed by atoms with Gasteiger partial charge in [-0.1, -0.05) is 30.7 Å². The third kappa shape index (κ3) is 4.23. The first-order chi connectivity index (χ1) is 10.1. The fraction of sp³-hybridized carbons (Fsp3) is 0.235. The summed E-state index contributed by atoms with van der Waals surface area (Å²) < 4.78 is 5.68. The zero-order valence-electron chi connectivity index (χ0n) is 11.9. The highest BCUT2D eigenvalue weighted by Gasteiger charge is 2.08. The number of carbonyl (C=O) groups excluding carboxylic acids is 1. The van der Waals surface area contributed by atoms with Crippen LogP contribution in [-0.4, -0.2) is 5.78 Å². The van der Waals surface area contributed by atoms with Gasteiger partial charge >= 0.3 is 0 Å². The van der Waals surface area contributed by atoms with Crippen LogP contribution in [0.5, 0.6) is 5.75 Å². The Morgan fingerprint density at radius 1 is 1.19 bits per heavy atom. The highest BCUT2D eigenvalue weighted by molar-refractivity contribution is 6.30. The summed E-state index contributed by atoms with van der Waals surface area (Å²) in [5.41, 5.74) is 8.06. The van der Waals surface area contributed by atoms with Crippen LogP contribution >= 0.6 is 11.6 Å². The van der Waals surface area contributed by atoms with Crippen LogP contribution in [0.3, 0.4) is 0 Å². The molecule has 0 aromatic heterocycles. The monoisotopic (exact) mass is 303 g/mol. The van der Waals surface area contributed by atoms with Gasteiger partial charge in [-0.05, 0) is 42.3 Å². The Kier molecular flexibility index (Phi) is 5.23. The lowest BCUT2D eigenvalue weighted by Crippen LogP contribution is -2.02. The van der Waals surface area contributed by atoms with Gasteiger partial charge in [-0.25, -0.2) is 0 Å². The Bertz CT molecular complexity index is 623. The van der Waals surface area contributed by atoms with Crippen LogP contribution in [0.2, 0.25) is 5.02 Å². The average molecular weight is 304 g/mol. The van der Waals surface area contributed by atoms with E-state index in [1.807, 2.05) is 31.2 Å². The SMILES string of the molecule is CCCC(=O)c1ccc(OCc2ccc(Cl)cc2)c(N)c1. The maximum absolute atomic E-state index is 11.8. The molecule has 0 fully saturated rings. The molecular formula is C17H18ClNO2. The largest absolute Gasteiger partial charge is 0.487 e. The molecule has 2 rings (SSSR count). The van der Waals surface area contributed by atoms with Crippen molar-refractivity contribution >= 4 is 23.1 Å². The summed E-state index contributed by atoms with van der Waals surface area (Å²) in [6, 6.07) is 12.6. The molecule has 0 saturated heterocycles. The van der Waals surface area contributed by atoms with Crippen molar-refractivity contribution in [1.29, 1.82) is 0 Å². The van der Waals surface area contributed by atoms with Crippen LogP contribution in [0.25, 0.3) is 0 Å². The van der Waals surface area contributed by atoms with Crippen molar-refractivity contribution in [2.45, 2.75) is 26.4 Å². The molecule has 0 aliphatic rings. The first-order valence-corrected chi connectivity index (χ1v) is 7.28. The normalized spacial score (nSPS) is 10.4. The fourth-order valence-corrected chi connectivity index (χ4v) is 2.09. The van der Waals surface area contributed by atoms with E-state index in [0.29, 0.717) is 35.1 Å². The number of ketones is 1. The van der Waals surface area contributed by atoms with Gasteiger partial charge in [0, 0.05) is 17.0 Å². The Morgan fingerprint density at radius 3 is 2.52 bits per heavy atom. The number of nitrogens with two attached hydrogens (primary N) is 1. The molecule has 2 N–H and O–H groups in total. The number of benzene rings is 2. The number of nitrogen functional groups attached to an aromatic ring is 1. The highest BCUT2D eigenvalue weighted by atomic mass is 35.5. The van der Waals surface area contributed by atoms with Gasteiger partial charge in [-0.2, -0.15) is 0 Å². The lowest BCUT2D eigenvalue weighted by molar-refractivity contribution is 0.0981. The van der Waals surface area contributed by atoms with E-state index < -0.39 is 0 Å². The summed E-state index contributed by atoms with van der Waals surface area (Å²) in [4.78, 5) is 11.8. The third-order valence-electron chi connectivity index (χ3n) is 3.12. The number of hydrogen-bond donors (Lipinski definition) is 1. The summed E-state index contributed by atoms with van der Waals surface area (Å²) in [7, 11) is 0. The summed E-state index contributed by atoms with van der Waals surface area (Å²) >= 11 is 5.83. The van der Waals surface area contributed by atoms with Crippen molar-refractivity contribution < 1.29 is 9.53 Å². The highest BCUT2D eigenvalue weighted by Crippen LogP contribution is 2.24. The van der Waals surface area contributed by atoms with Gasteiger partial charge in [0.05, 0.1) is 5.69 Å². The van der Waals surface area contributed by atoms with Crippen molar-refractivity contribution in [2.75, 3.05) is 5.73 Å². The molecule has 0 unspecified atom stereocenters. The van der Waals surface area contributed by atoms with E-state index >= 15 is 0 Å². The molecule has 0 saturated carbocycles. The van der Waals surface area contributed by atoms with Crippen molar-refractivity contribution in [3.63, 3.8) is 0 Å². The molecule has 0 atom stereocenters. The van der Waals surface area contributed by atoms with E-state index in [9.17, 15) is 4.79 Å². The topological polar surface area (TPSA) is 52.3 Å². The first-order valence-electron chi connectivity index (χ1n) is 6.90. The molecule has 0 amide bonds. The van der Waals surface area contributed by atoms with E-state index in [4.69, 9.17) is 22.1 Å². The number of ether oxygens (including phenoxy) is 1. The second kappa shape index (κ2) is 7.14. The molecule has 0 aliphatic carbocycles. The van der Waals surface area contributed by atoms with Gasteiger partial charge in [-0.15, -0.1) is 0 Å². The van der Waals surface area contributed by atoms with Crippen molar-refractivity contribution in [3.05, 3.63) is 58.6 Å². The van der Waals surface area contributed by atoms with Crippen LogP contribution in [0.1, 0.15) is 35.7 Å². The van der Waals surface area contributed by atoms with Gasteiger partial charge in [0.1, 0.15) is 12.4 Å². The summed E-state index contributed by atoms with van der Waals surface area (Å²) in [6.07, 6.45) is 1.36. The number of halogens is 1. The van der Waals surface area contributed by atoms with E-state index in [1.165, 1.54) is 0 Å². The molecule has 110 valence electrons. The summed E-state index contributed by atoms with van der Waals surface area (Å²) in [5, 5.41) is 0.692. The van der Waals surface area contributed by atoms with Crippen LogP contribution in [0.15, 0.2) is 42.5 Å². The van der Waals surface area contributed by atoms with Crippen LogP contribution < -0.4 is 10.5 Å². The first kappa shape index (κ1) is 15.4. The lowest BCUT2D eigenvalue weighted by atomic mass is 10.1. The predicted molar refractivity (Wildman–Crippen MR) is 85.9 cm³/mol. The molecule has 0 radical (unpaired) electrons. The Labute approximate surface area is 129 Å². The smallest absolute Gasteiger partial charge is 0.162 e. The number of anilines is 1. The molecule has 21 heavy (non-hydrogen) atoms. The second-order valence-corrected chi connectivity index (χ2v) is 5.28. The van der Waals surface area contributed by atoms with Gasteiger partial charge < -0.3 is 10.5 Å². The summed E-state index contributed by atoms with van der Waals surface area (Å²) in [6.45, 7) is 2.38. The van der Waals surface area contributed by atoms with Gasteiger partial charge in [0.2, 0.25) is 0 Å². The van der Waals surface area contributed by atoms with Gasteiger partial charge in [0.15, 0.2) is 5.78 Å². The molecule has 4 heteroatoms. The van der Waals surface area contributed by atoms with Crippen molar-refractivity contribution in [2.24, 2.45) is 0 Å². The number of carbonyl (C=O) groups is 1. The molecule has 2 aromatic rings. The van der Waals surface area contributed by atoms with Crippen LogP contribution in [0, 0.1) is 0 Å². The van der Waals surface area contributed by atoms with Gasteiger partial charge in [-0.3, -0.25) is 4.79 Å². The Balaban J connectivity index is 2.04. The summed E-state index contributed by atoms with van der Waals surface area (Å²) in [5.74, 6) is 0.687. The zero-order chi connectivity index (χ0) is 15.2. The van der Waals surface area contributed by atoms with Crippen molar-refractivity contribution in [3.8, 4) is 5.75 Å². The number of Topliss-reactive ketones (excluding diaryl/α,β-unsaturated/α-hetero) is 1. The third-order valence-corrected chi connectivity index (χ3v) is 3.37. The fourth-order valence-electron chi connectivity index (χ4n) is 1.97.